The Morgan fingerprint density at radius 2 is 2.20 bits per heavy atom. The fraction of sp³-hybridized carbons (Fsp3) is 0.357. The number of nitrogens with two attached hydrogens (primary N) is 1. The zero-order chi connectivity index (χ0) is 14.4. The number of carbonyl (C=O) groups excluding carboxylic acids is 1. The van der Waals surface area contributed by atoms with Crippen LogP contribution in [0.3, 0.4) is 0 Å². The largest absolute Gasteiger partial charge is 0.494 e. The minimum Gasteiger partial charge on any atom is -0.494 e. The first kappa shape index (κ1) is 14.0. The van der Waals surface area contributed by atoms with E-state index in [1.165, 1.54) is 0 Å². The number of hydrogen-bond donors (Lipinski definition) is 2. The van der Waals surface area contributed by atoms with Gasteiger partial charge in [-0.2, -0.15) is 15.4 Å². The van der Waals surface area contributed by atoms with Crippen molar-refractivity contribution in [3.63, 3.8) is 0 Å². The average Bonchev–Trinajstić information content (AvgIpc) is 2.94. The molecule has 0 radical (unpaired) electrons. The average molecular weight is 274 g/mol. The number of unbranched alkanes of at least 4 members (excludes halogenated alkanes) is 2. The van der Waals surface area contributed by atoms with Gasteiger partial charge in [-0.1, -0.05) is 31.9 Å². The normalized spacial score (nSPS) is 10.4. The molecule has 0 saturated heterocycles. The lowest BCUT2D eigenvalue weighted by Crippen LogP contribution is -2.12. The van der Waals surface area contributed by atoms with Crippen LogP contribution >= 0.6 is 0 Å². The van der Waals surface area contributed by atoms with Crippen molar-refractivity contribution >= 4 is 5.91 Å². The molecule has 0 aliphatic heterocycles. The summed E-state index contributed by atoms with van der Waals surface area (Å²) >= 11 is 0. The molecule has 0 atom stereocenters. The summed E-state index contributed by atoms with van der Waals surface area (Å²) < 4.78 is 5.67. The number of aromatic amines is 1. The van der Waals surface area contributed by atoms with Crippen molar-refractivity contribution < 1.29 is 9.53 Å². The Bertz CT molecular complexity index is 580. The summed E-state index contributed by atoms with van der Waals surface area (Å²) in [4.78, 5) is 11.3. The molecule has 2 aromatic rings. The molecule has 6 heteroatoms. The molecule has 20 heavy (non-hydrogen) atoms. The fourth-order valence-electron chi connectivity index (χ4n) is 1.88. The van der Waals surface area contributed by atoms with Crippen LogP contribution in [-0.4, -0.2) is 27.9 Å². The van der Waals surface area contributed by atoms with Crippen molar-refractivity contribution in [2.24, 2.45) is 5.73 Å². The van der Waals surface area contributed by atoms with Gasteiger partial charge in [-0.25, -0.2) is 0 Å². The Hall–Kier alpha value is -2.37. The highest BCUT2D eigenvalue weighted by Crippen LogP contribution is 2.24. The van der Waals surface area contributed by atoms with Crippen molar-refractivity contribution in [2.45, 2.75) is 26.2 Å². The van der Waals surface area contributed by atoms with Crippen LogP contribution < -0.4 is 10.5 Å². The summed E-state index contributed by atoms with van der Waals surface area (Å²) in [5.41, 5.74) is 6.58. The van der Waals surface area contributed by atoms with E-state index < -0.39 is 5.91 Å². The van der Waals surface area contributed by atoms with Crippen LogP contribution in [0.4, 0.5) is 0 Å². The number of carbonyl (C=O) groups is 1. The van der Waals surface area contributed by atoms with Crippen LogP contribution in [0.1, 0.15) is 36.7 Å². The maximum atomic E-state index is 11.3. The van der Waals surface area contributed by atoms with Crippen LogP contribution in [0.15, 0.2) is 24.3 Å². The Morgan fingerprint density at radius 1 is 1.35 bits per heavy atom. The van der Waals surface area contributed by atoms with Crippen LogP contribution in [0, 0.1) is 0 Å². The molecule has 3 N–H and O–H groups in total. The molecule has 0 aliphatic rings. The molecule has 106 valence electrons. The number of primary amides is 1. The van der Waals surface area contributed by atoms with Gasteiger partial charge < -0.3 is 10.5 Å². The third kappa shape index (κ3) is 3.34. The summed E-state index contributed by atoms with van der Waals surface area (Å²) in [6.07, 6.45) is 3.33. The van der Waals surface area contributed by atoms with Gasteiger partial charge in [0.15, 0.2) is 5.69 Å². The van der Waals surface area contributed by atoms with E-state index in [1.54, 1.807) is 0 Å². The second kappa shape index (κ2) is 6.70. The van der Waals surface area contributed by atoms with Gasteiger partial charge in [0.25, 0.3) is 5.91 Å². The Balaban J connectivity index is 2.13. The number of aromatic nitrogens is 3. The summed E-state index contributed by atoms with van der Waals surface area (Å²) in [5.74, 6) is 0.139. The highest BCUT2D eigenvalue weighted by molar-refractivity contribution is 5.96. The molecule has 0 fully saturated rings. The van der Waals surface area contributed by atoms with E-state index in [-0.39, 0.29) is 5.69 Å². The predicted octanol–water partition coefficient (Wildman–Crippen LogP) is 2.14. The molecular weight excluding hydrogens is 256 g/mol. The molecule has 0 unspecified atom stereocenters. The molecule has 0 aliphatic carbocycles. The second-order valence-corrected chi connectivity index (χ2v) is 4.47. The Labute approximate surface area is 117 Å². The van der Waals surface area contributed by atoms with E-state index in [4.69, 9.17) is 10.5 Å². The maximum Gasteiger partial charge on any atom is 0.271 e. The van der Waals surface area contributed by atoms with Gasteiger partial charge in [0, 0.05) is 5.56 Å². The number of hydrogen-bond acceptors (Lipinski definition) is 4. The Kier molecular flexibility index (Phi) is 4.70. The van der Waals surface area contributed by atoms with Crippen molar-refractivity contribution in [3.8, 4) is 17.0 Å². The van der Waals surface area contributed by atoms with E-state index in [1.807, 2.05) is 24.3 Å². The zero-order valence-electron chi connectivity index (χ0n) is 11.4. The molecule has 0 bridgehead atoms. The van der Waals surface area contributed by atoms with Crippen molar-refractivity contribution in [1.82, 2.24) is 15.4 Å². The highest BCUT2D eigenvalue weighted by atomic mass is 16.5. The smallest absolute Gasteiger partial charge is 0.271 e. The summed E-state index contributed by atoms with van der Waals surface area (Å²) in [6, 6.07) is 7.39. The predicted molar refractivity (Wildman–Crippen MR) is 75.4 cm³/mol. The molecule has 6 nitrogen and oxygen atoms in total. The van der Waals surface area contributed by atoms with Crippen LogP contribution in [0.5, 0.6) is 5.75 Å². The van der Waals surface area contributed by atoms with Crippen molar-refractivity contribution in [1.29, 1.82) is 0 Å². The molecule has 0 saturated carbocycles. The molecular formula is C14H18N4O2. The second-order valence-electron chi connectivity index (χ2n) is 4.47. The number of amides is 1. The van der Waals surface area contributed by atoms with Gasteiger partial charge in [0.1, 0.15) is 11.4 Å². The van der Waals surface area contributed by atoms with Crippen molar-refractivity contribution in [2.75, 3.05) is 6.61 Å². The maximum absolute atomic E-state index is 11.3. The van der Waals surface area contributed by atoms with Crippen LogP contribution in [-0.2, 0) is 0 Å². The van der Waals surface area contributed by atoms with Gasteiger partial charge >= 0.3 is 0 Å². The van der Waals surface area contributed by atoms with Gasteiger partial charge in [-0.3, -0.25) is 4.79 Å². The van der Waals surface area contributed by atoms with E-state index in [0.717, 1.165) is 30.6 Å². The van der Waals surface area contributed by atoms with E-state index in [9.17, 15) is 4.79 Å². The summed E-state index contributed by atoms with van der Waals surface area (Å²) in [5, 5.41) is 10.1. The van der Waals surface area contributed by atoms with E-state index >= 15 is 0 Å². The first-order valence-electron chi connectivity index (χ1n) is 6.66. The lowest BCUT2D eigenvalue weighted by atomic mass is 10.1. The zero-order valence-corrected chi connectivity index (χ0v) is 11.4. The van der Waals surface area contributed by atoms with Gasteiger partial charge in [0.05, 0.1) is 6.61 Å². The summed E-state index contributed by atoms with van der Waals surface area (Å²) in [7, 11) is 0. The lowest BCUT2D eigenvalue weighted by molar-refractivity contribution is 0.0996. The lowest BCUT2D eigenvalue weighted by Gasteiger charge is -2.07. The Morgan fingerprint density at radius 3 is 2.95 bits per heavy atom. The quantitative estimate of drug-likeness (QED) is 0.756. The molecule has 2 rings (SSSR count). The minimum atomic E-state index is -0.608. The number of ether oxygens (including phenoxy) is 1. The topological polar surface area (TPSA) is 93.9 Å². The third-order valence-electron chi connectivity index (χ3n) is 2.91. The van der Waals surface area contributed by atoms with E-state index in [0.29, 0.717) is 12.3 Å². The fourth-order valence-corrected chi connectivity index (χ4v) is 1.88. The van der Waals surface area contributed by atoms with Gasteiger partial charge in [-0.15, -0.1) is 0 Å². The molecule has 1 amide bonds. The number of nitrogens with zero attached hydrogens (tertiary/aromatic N) is 2. The molecule has 1 heterocycles. The van der Waals surface area contributed by atoms with Crippen LogP contribution in [0.2, 0.25) is 0 Å². The monoisotopic (exact) mass is 274 g/mol. The van der Waals surface area contributed by atoms with E-state index in [2.05, 4.69) is 22.3 Å². The minimum absolute atomic E-state index is 0.133. The number of nitrogens with one attached hydrogen (secondary N) is 1. The van der Waals surface area contributed by atoms with Gasteiger partial charge in [-0.05, 0) is 18.6 Å². The molecule has 1 aromatic heterocycles. The number of benzene rings is 1. The first-order valence-corrected chi connectivity index (χ1v) is 6.66. The standard InChI is InChI=1S/C14H18N4O2/c1-2-3-4-8-20-11-7-5-6-10(9-11)12-13(14(15)19)17-18-16-12/h5-7,9H,2-4,8H2,1H3,(H2,15,19)(H,16,17,18). The SMILES string of the molecule is CCCCCOc1cccc(-c2n[nH]nc2C(N)=O)c1. The highest BCUT2D eigenvalue weighted by Gasteiger charge is 2.15. The third-order valence-corrected chi connectivity index (χ3v) is 2.91. The first-order chi connectivity index (χ1) is 9.72. The van der Waals surface area contributed by atoms with Gasteiger partial charge in [0.2, 0.25) is 0 Å². The number of rotatable bonds is 7. The number of H-pyrrole nitrogens is 1. The van der Waals surface area contributed by atoms with Crippen LogP contribution in [0.25, 0.3) is 11.3 Å². The molecule has 0 spiro atoms. The van der Waals surface area contributed by atoms with Crippen molar-refractivity contribution in [3.05, 3.63) is 30.0 Å². The molecule has 1 aromatic carbocycles. The summed E-state index contributed by atoms with van der Waals surface area (Å²) in [6.45, 7) is 2.83.